The van der Waals surface area contributed by atoms with E-state index >= 15 is 0 Å². The lowest BCUT2D eigenvalue weighted by Gasteiger charge is -2.21. The van der Waals surface area contributed by atoms with Crippen LogP contribution in [0, 0.1) is 18.7 Å². The van der Waals surface area contributed by atoms with Gasteiger partial charge >= 0.3 is 0 Å². The third-order valence-corrected chi connectivity index (χ3v) is 3.27. The number of ether oxygens (including phenoxy) is 1. The monoisotopic (exact) mass is 251 g/mol. The SMILES string of the molecule is Cc1ccc(NC(=O)CC2CCOCC2)cc1F. The maximum absolute atomic E-state index is 13.3. The van der Waals surface area contributed by atoms with Gasteiger partial charge in [0.15, 0.2) is 0 Å². The van der Waals surface area contributed by atoms with E-state index in [2.05, 4.69) is 5.32 Å². The summed E-state index contributed by atoms with van der Waals surface area (Å²) < 4.78 is 18.6. The third-order valence-electron chi connectivity index (χ3n) is 3.27. The van der Waals surface area contributed by atoms with E-state index in [-0.39, 0.29) is 11.7 Å². The summed E-state index contributed by atoms with van der Waals surface area (Å²) >= 11 is 0. The second-order valence-electron chi connectivity index (χ2n) is 4.77. The van der Waals surface area contributed by atoms with Gasteiger partial charge in [-0.2, -0.15) is 0 Å². The Morgan fingerprint density at radius 1 is 1.44 bits per heavy atom. The van der Waals surface area contributed by atoms with E-state index in [1.54, 1.807) is 19.1 Å². The molecule has 4 heteroatoms. The average molecular weight is 251 g/mol. The molecule has 0 spiro atoms. The highest BCUT2D eigenvalue weighted by Crippen LogP contribution is 2.20. The van der Waals surface area contributed by atoms with Gasteiger partial charge in [0.2, 0.25) is 5.91 Å². The van der Waals surface area contributed by atoms with Crippen molar-refractivity contribution in [3.63, 3.8) is 0 Å². The number of nitrogens with one attached hydrogen (secondary N) is 1. The zero-order valence-electron chi connectivity index (χ0n) is 10.5. The maximum atomic E-state index is 13.3. The van der Waals surface area contributed by atoms with Crippen LogP contribution in [0.1, 0.15) is 24.8 Å². The molecule has 0 unspecified atom stereocenters. The molecule has 18 heavy (non-hydrogen) atoms. The van der Waals surface area contributed by atoms with Crippen LogP contribution in [0.4, 0.5) is 10.1 Å². The Labute approximate surface area is 106 Å². The van der Waals surface area contributed by atoms with Gasteiger partial charge in [-0.3, -0.25) is 4.79 Å². The minimum absolute atomic E-state index is 0.0508. The Morgan fingerprint density at radius 3 is 2.83 bits per heavy atom. The average Bonchev–Trinajstić information content (AvgIpc) is 2.35. The van der Waals surface area contributed by atoms with Crippen molar-refractivity contribution in [3.8, 4) is 0 Å². The number of carbonyl (C=O) groups excluding carboxylic acids is 1. The van der Waals surface area contributed by atoms with Crippen LogP contribution in [-0.2, 0) is 9.53 Å². The van der Waals surface area contributed by atoms with Gasteiger partial charge in [-0.15, -0.1) is 0 Å². The van der Waals surface area contributed by atoms with Crippen molar-refractivity contribution in [2.24, 2.45) is 5.92 Å². The molecule has 0 bridgehead atoms. The standard InChI is InChI=1S/C14H18FNO2/c1-10-2-3-12(9-13(10)15)16-14(17)8-11-4-6-18-7-5-11/h2-3,9,11H,4-8H2,1H3,(H,16,17). The van der Waals surface area contributed by atoms with Crippen LogP contribution in [0.5, 0.6) is 0 Å². The van der Waals surface area contributed by atoms with Crippen molar-refractivity contribution in [2.45, 2.75) is 26.2 Å². The van der Waals surface area contributed by atoms with Gasteiger partial charge in [0, 0.05) is 25.3 Å². The van der Waals surface area contributed by atoms with E-state index in [9.17, 15) is 9.18 Å². The molecule has 0 saturated carbocycles. The number of rotatable bonds is 3. The van der Waals surface area contributed by atoms with E-state index in [4.69, 9.17) is 4.74 Å². The van der Waals surface area contributed by atoms with Crippen LogP contribution in [-0.4, -0.2) is 19.1 Å². The minimum atomic E-state index is -0.293. The number of aryl methyl sites for hydroxylation is 1. The Morgan fingerprint density at radius 2 is 2.17 bits per heavy atom. The van der Waals surface area contributed by atoms with Crippen LogP contribution in [0.3, 0.4) is 0 Å². The number of hydrogen-bond acceptors (Lipinski definition) is 2. The van der Waals surface area contributed by atoms with E-state index in [0.29, 0.717) is 23.6 Å². The van der Waals surface area contributed by atoms with Crippen LogP contribution >= 0.6 is 0 Å². The molecular formula is C14H18FNO2. The van der Waals surface area contributed by atoms with Gasteiger partial charge in [-0.1, -0.05) is 6.07 Å². The van der Waals surface area contributed by atoms with Gasteiger partial charge in [0.1, 0.15) is 5.82 Å². The van der Waals surface area contributed by atoms with Gasteiger partial charge < -0.3 is 10.1 Å². The summed E-state index contributed by atoms with van der Waals surface area (Å²) in [7, 11) is 0. The Hall–Kier alpha value is -1.42. The number of carbonyl (C=O) groups is 1. The summed E-state index contributed by atoms with van der Waals surface area (Å²) in [5, 5.41) is 2.74. The maximum Gasteiger partial charge on any atom is 0.224 e. The van der Waals surface area contributed by atoms with Crippen molar-refractivity contribution < 1.29 is 13.9 Å². The van der Waals surface area contributed by atoms with Gasteiger partial charge in [0.25, 0.3) is 0 Å². The van der Waals surface area contributed by atoms with Crippen LogP contribution in [0.25, 0.3) is 0 Å². The fourth-order valence-electron chi connectivity index (χ4n) is 2.10. The molecule has 98 valence electrons. The van der Waals surface area contributed by atoms with Crippen LogP contribution in [0.2, 0.25) is 0 Å². The summed E-state index contributed by atoms with van der Waals surface area (Å²) in [6.45, 7) is 3.16. The highest BCUT2D eigenvalue weighted by Gasteiger charge is 2.17. The van der Waals surface area contributed by atoms with Crippen molar-refractivity contribution in [1.29, 1.82) is 0 Å². The number of hydrogen-bond donors (Lipinski definition) is 1. The molecule has 1 aromatic carbocycles. The van der Waals surface area contributed by atoms with Gasteiger partial charge in [-0.25, -0.2) is 4.39 Å². The first-order valence-electron chi connectivity index (χ1n) is 6.29. The van der Waals surface area contributed by atoms with Crippen molar-refractivity contribution in [1.82, 2.24) is 0 Å². The second kappa shape index (κ2) is 5.96. The summed E-state index contributed by atoms with van der Waals surface area (Å²) in [5.41, 5.74) is 1.10. The summed E-state index contributed by atoms with van der Waals surface area (Å²) in [5.74, 6) is 0.0399. The quantitative estimate of drug-likeness (QED) is 0.897. The van der Waals surface area contributed by atoms with Crippen molar-refractivity contribution in [3.05, 3.63) is 29.6 Å². The Bertz CT molecular complexity index is 428. The zero-order chi connectivity index (χ0) is 13.0. The topological polar surface area (TPSA) is 38.3 Å². The second-order valence-corrected chi connectivity index (χ2v) is 4.77. The largest absolute Gasteiger partial charge is 0.381 e. The molecule has 0 radical (unpaired) electrons. The first-order chi connectivity index (χ1) is 8.65. The zero-order valence-corrected chi connectivity index (χ0v) is 10.5. The smallest absolute Gasteiger partial charge is 0.224 e. The number of benzene rings is 1. The lowest BCUT2D eigenvalue weighted by molar-refractivity contribution is -0.117. The molecule has 1 aliphatic rings. The van der Waals surface area contributed by atoms with E-state index in [0.717, 1.165) is 26.1 Å². The molecule has 0 aliphatic carbocycles. The normalized spacial score (nSPS) is 16.6. The first kappa shape index (κ1) is 13.0. The highest BCUT2D eigenvalue weighted by atomic mass is 19.1. The molecule has 1 aliphatic heterocycles. The summed E-state index contributed by atoms with van der Waals surface area (Å²) in [6, 6.07) is 4.75. The van der Waals surface area contributed by atoms with Gasteiger partial charge in [0.05, 0.1) is 0 Å². The molecule has 1 fully saturated rings. The molecule has 2 rings (SSSR count). The molecule has 1 saturated heterocycles. The highest BCUT2D eigenvalue weighted by molar-refractivity contribution is 5.90. The summed E-state index contributed by atoms with van der Waals surface area (Å²) in [4.78, 5) is 11.8. The minimum Gasteiger partial charge on any atom is -0.381 e. The van der Waals surface area contributed by atoms with Crippen LogP contribution in [0.15, 0.2) is 18.2 Å². The Balaban J connectivity index is 1.88. The number of halogens is 1. The van der Waals surface area contributed by atoms with Crippen molar-refractivity contribution >= 4 is 11.6 Å². The molecular weight excluding hydrogens is 233 g/mol. The molecule has 0 aromatic heterocycles. The van der Waals surface area contributed by atoms with E-state index in [1.807, 2.05) is 0 Å². The fraction of sp³-hybridized carbons (Fsp3) is 0.500. The van der Waals surface area contributed by atoms with Gasteiger partial charge in [-0.05, 0) is 43.4 Å². The van der Waals surface area contributed by atoms with E-state index in [1.165, 1.54) is 6.07 Å². The van der Waals surface area contributed by atoms with Crippen molar-refractivity contribution in [2.75, 3.05) is 18.5 Å². The lowest BCUT2D eigenvalue weighted by atomic mass is 9.96. The van der Waals surface area contributed by atoms with Crippen LogP contribution < -0.4 is 5.32 Å². The Kier molecular flexibility index (Phi) is 4.31. The number of amides is 1. The molecule has 3 nitrogen and oxygen atoms in total. The lowest BCUT2D eigenvalue weighted by Crippen LogP contribution is -2.22. The first-order valence-corrected chi connectivity index (χ1v) is 6.29. The predicted molar refractivity (Wildman–Crippen MR) is 67.9 cm³/mol. The molecule has 0 atom stereocenters. The predicted octanol–water partition coefficient (Wildman–Crippen LogP) is 2.89. The third kappa shape index (κ3) is 3.53. The number of anilines is 1. The van der Waals surface area contributed by atoms with E-state index < -0.39 is 0 Å². The molecule has 1 heterocycles. The molecule has 1 amide bonds. The molecule has 1 aromatic rings. The molecule has 1 N–H and O–H groups in total. The fourth-order valence-corrected chi connectivity index (χ4v) is 2.10. The summed E-state index contributed by atoms with van der Waals surface area (Å²) in [6.07, 6.45) is 2.34.